The number of hydrogen-bond donors (Lipinski definition) is 0. The van der Waals surface area contributed by atoms with Crippen molar-refractivity contribution in [3.63, 3.8) is 0 Å². The molecular formula is C24H16O2S. The molecule has 4 aromatic rings. The van der Waals surface area contributed by atoms with Crippen molar-refractivity contribution in [2.24, 2.45) is 0 Å². The van der Waals surface area contributed by atoms with E-state index in [1.165, 1.54) is 0 Å². The van der Waals surface area contributed by atoms with Gasteiger partial charge < -0.3 is 0 Å². The first-order chi connectivity index (χ1) is 13.1. The molecule has 5 rings (SSSR count). The molecule has 1 heterocycles. The lowest BCUT2D eigenvalue weighted by atomic mass is 9.98. The smallest absolute Gasteiger partial charge is 0.207 e. The number of benzene rings is 4. The highest BCUT2D eigenvalue weighted by atomic mass is 32.2. The molecule has 0 spiro atoms. The maximum Gasteiger partial charge on any atom is 0.207 e. The van der Waals surface area contributed by atoms with Crippen LogP contribution >= 0.6 is 0 Å². The highest BCUT2D eigenvalue weighted by molar-refractivity contribution is 7.92. The Hall–Kier alpha value is -3.17. The van der Waals surface area contributed by atoms with E-state index in [0.717, 1.165) is 33.4 Å². The summed E-state index contributed by atoms with van der Waals surface area (Å²) in [4.78, 5) is 0.785. The Kier molecular flexibility index (Phi) is 3.52. The van der Waals surface area contributed by atoms with Gasteiger partial charge in [-0.25, -0.2) is 8.42 Å². The molecule has 0 saturated heterocycles. The van der Waals surface area contributed by atoms with Crippen LogP contribution in [0, 0.1) is 0 Å². The van der Waals surface area contributed by atoms with Crippen LogP contribution in [0.4, 0.5) is 0 Å². The van der Waals surface area contributed by atoms with Gasteiger partial charge in [0.15, 0.2) is 0 Å². The number of hydrogen-bond acceptors (Lipinski definition) is 2. The van der Waals surface area contributed by atoms with Crippen molar-refractivity contribution in [3.8, 4) is 33.4 Å². The third kappa shape index (κ3) is 2.51. The van der Waals surface area contributed by atoms with E-state index in [4.69, 9.17) is 0 Å². The molecule has 4 aromatic carbocycles. The zero-order valence-corrected chi connectivity index (χ0v) is 15.3. The van der Waals surface area contributed by atoms with Crippen molar-refractivity contribution >= 4 is 9.84 Å². The van der Waals surface area contributed by atoms with Crippen molar-refractivity contribution in [1.82, 2.24) is 0 Å². The lowest BCUT2D eigenvalue weighted by Gasteiger charge is -2.05. The predicted molar refractivity (Wildman–Crippen MR) is 108 cm³/mol. The van der Waals surface area contributed by atoms with Gasteiger partial charge in [-0.1, -0.05) is 84.9 Å². The largest absolute Gasteiger partial charge is 0.218 e. The van der Waals surface area contributed by atoms with Gasteiger partial charge in [-0.2, -0.15) is 0 Å². The minimum absolute atomic E-state index is 0.393. The third-order valence-electron chi connectivity index (χ3n) is 5.05. The van der Waals surface area contributed by atoms with Crippen molar-refractivity contribution in [1.29, 1.82) is 0 Å². The van der Waals surface area contributed by atoms with Gasteiger partial charge in [-0.05, 0) is 34.4 Å². The zero-order chi connectivity index (χ0) is 18.4. The molecular weight excluding hydrogens is 352 g/mol. The van der Waals surface area contributed by atoms with Crippen LogP contribution in [-0.4, -0.2) is 8.42 Å². The fourth-order valence-electron chi connectivity index (χ4n) is 3.67. The lowest BCUT2D eigenvalue weighted by Crippen LogP contribution is -1.97. The van der Waals surface area contributed by atoms with Crippen molar-refractivity contribution < 1.29 is 8.42 Å². The van der Waals surface area contributed by atoms with Crippen LogP contribution in [0.15, 0.2) is 107 Å². The summed E-state index contributed by atoms with van der Waals surface area (Å²) in [6.45, 7) is 0. The van der Waals surface area contributed by atoms with Crippen LogP contribution in [0.25, 0.3) is 33.4 Å². The third-order valence-corrected chi connectivity index (χ3v) is 6.88. The summed E-state index contributed by atoms with van der Waals surface area (Å²) in [5, 5.41) is 0. The summed E-state index contributed by atoms with van der Waals surface area (Å²) < 4.78 is 26.5. The summed E-state index contributed by atoms with van der Waals surface area (Å²) in [7, 11) is -3.53. The second-order valence-electron chi connectivity index (χ2n) is 6.66. The lowest BCUT2D eigenvalue weighted by molar-refractivity contribution is 0.599. The van der Waals surface area contributed by atoms with Crippen LogP contribution in [0.3, 0.4) is 0 Å². The molecule has 2 nitrogen and oxygen atoms in total. The first-order valence-electron chi connectivity index (χ1n) is 8.79. The van der Waals surface area contributed by atoms with E-state index in [0.29, 0.717) is 9.79 Å². The van der Waals surface area contributed by atoms with Crippen molar-refractivity contribution in [3.05, 3.63) is 97.1 Å². The summed E-state index contributed by atoms with van der Waals surface area (Å²) in [6.07, 6.45) is 0. The molecule has 1 aliphatic heterocycles. The average molecular weight is 368 g/mol. The first kappa shape index (κ1) is 16.0. The van der Waals surface area contributed by atoms with Crippen molar-refractivity contribution in [2.45, 2.75) is 9.79 Å². The number of sulfone groups is 1. The zero-order valence-electron chi connectivity index (χ0n) is 14.5. The Balaban J connectivity index is 1.68. The molecule has 0 aromatic heterocycles. The summed E-state index contributed by atoms with van der Waals surface area (Å²) in [6, 6.07) is 31.1. The molecule has 1 aliphatic rings. The molecule has 0 N–H and O–H groups in total. The van der Waals surface area contributed by atoms with Gasteiger partial charge in [0.05, 0.1) is 9.79 Å². The normalized spacial score (nSPS) is 13.8. The molecule has 130 valence electrons. The predicted octanol–water partition coefficient (Wildman–Crippen LogP) is 5.83. The van der Waals surface area contributed by atoms with E-state index in [1.54, 1.807) is 12.1 Å². The van der Waals surface area contributed by atoms with Gasteiger partial charge in [0, 0.05) is 11.1 Å². The van der Waals surface area contributed by atoms with E-state index in [9.17, 15) is 8.42 Å². The van der Waals surface area contributed by atoms with Crippen LogP contribution in [0.2, 0.25) is 0 Å². The standard InChI is InChI=1S/C24H16O2S/c25-27(26)23-15-19(17-7-3-1-4-8-17)11-13-21(23)22-14-12-20(16-24(22)27)18-9-5-2-6-10-18/h1-16H. The summed E-state index contributed by atoms with van der Waals surface area (Å²) in [5.74, 6) is 0. The maximum atomic E-state index is 13.2. The SMILES string of the molecule is O=S1(=O)c2cc(-c3ccccc3)ccc2-c2ccc(-c3ccccc3)cc21. The topological polar surface area (TPSA) is 34.1 Å². The van der Waals surface area contributed by atoms with Crippen LogP contribution < -0.4 is 0 Å². The van der Waals surface area contributed by atoms with E-state index in [1.807, 2.05) is 84.9 Å². The molecule has 0 aliphatic carbocycles. The fraction of sp³-hybridized carbons (Fsp3) is 0. The minimum Gasteiger partial charge on any atom is -0.218 e. The molecule has 0 bridgehead atoms. The number of fused-ring (bicyclic) bond motifs is 3. The highest BCUT2D eigenvalue weighted by Crippen LogP contribution is 2.45. The van der Waals surface area contributed by atoms with Gasteiger partial charge in [0.25, 0.3) is 0 Å². The van der Waals surface area contributed by atoms with E-state index >= 15 is 0 Å². The molecule has 0 atom stereocenters. The average Bonchev–Trinajstić information content (AvgIpc) is 2.96. The fourth-order valence-corrected chi connectivity index (χ4v) is 5.41. The van der Waals surface area contributed by atoms with E-state index in [-0.39, 0.29) is 0 Å². The quantitative estimate of drug-likeness (QED) is 0.393. The van der Waals surface area contributed by atoms with Gasteiger partial charge >= 0.3 is 0 Å². The monoisotopic (exact) mass is 368 g/mol. The maximum absolute atomic E-state index is 13.2. The van der Waals surface area contributed by atoms with E-state index < -0.39 is 9.84 Å². The number of rotatable bonds is 2. The molecule has 0 saturated carbocycles. The highest BCUT2D eigenvalue weighted by Gasteiger charge is 2.33. The molecule has 0 unspecified atom stereocenters. The molecule has 27 heavy (non-hydrogen) atoms. The molecule has 0 radical (unpaired) electrons. The Morgan fingerprint density at radius 1 is 0.444 bits per heavy atom. The Labute approximate surface area is 158 Å². The molecule has 0 amide bonds. The van der Waals surface area contributed by atoms with Gasteiger partial charge in [-0.15, -0.1) is 0 Å². The van der Waals surface area contributed by atoms with Crippen molar-refractivity contribution in [2.75, 3.05) is 0 Å². The first-order valence-corrected chi connectivity index (χ1v) is 10.3. The van der Waals surface area contributed by atoms with Crippen LogP contribution in [-0.2, 0) is 9.84 Å². The molecule has 3 heteroatoms. The van der Waals surface area contributed by atoms with E-state index in [2.05, 4.69) is 0 Å². The summed E-state index contributed by atoms with van der Waals surface area (Å²) >= 11 is 0. The minimum atomic E-state index is -3.53. The van der Waals surface area contributed by atoms with Gasteiger partial charge in [0.1, 0.15) is 0 Å². The molecule has 0 fully saturated rings. The second-order valence-corrected chi connectivity index (χ2v) is 8.54. The Bertz CT molecular complexity index is 1160. The van der Waals surface area contributed by atoms with Crippen LogP contribution in [0.5, 0.6) is 0 Å². The Morgan fingerprint density at radius 3 is 1.26 bits per heavy atom. The van der Waals surface area contributed by atoms with Gasteiger partial charge in [0.2, 0.25) is 9.84 Å². The summed E-state index contributed by atoms with van der Waals surface area (Å²) in [5.41, 5.74) is 5.41. The second kappa shape index (κ2) is 5.93. The van der Waals surface area contributed by atoms with Gasteiger partial charge in [-0.3, -0.25) is 0 Å². The van der Waals surface area contributed by atoms with Crippen LogP contribution in [0.1, 0.15) is 0 Å². The Morgan fingerprint density at radius 2 is 0.852 bits per heavy atom.